The standard InChI is InChI=1S/C21H21FN4O2S2/c1-13-4-9-18(12-14(13)2)30(27,28)23-11-10-19-15(3)26-21(29-19)24-20(25-26)16-5-7-17(22)8-6-16/h4-9,12,23H,10-11H2,1-3H3. The van der Waals surface area contributed by atoms with E-state index < -0.39 is 10.0 Å². The molecule has 0 atom stereocenters. The molecule has 1 N–H and O–H groups in total. The first-order valence-electron chi connectivity index (χ1n) is 9.42. The fourth-order valence-electron chi connectivity index (χ4n) is 3.10. The van der Waals surface area contributed by atoms with Gasteiger partial charge in [0.25, 0.3) is 0 Å². The number of fused-ring (bicyclic) bond motifs is 1. The average molecular weight is 445 g/mol. The monoisotopic (exact) mass is 444 g/mol. The summed E-state index contributed by atoms with van der Waals surface area (Å²) >= 11 is 1.47. The summed E-state index contributed by atoms with van der Waals surface area (Å²) in [7, 11) is -3.56. The van der Waals surface area contributed by atoms with Crippen molar-refractivity contribution in [3.63, 3.8) is 0 Å². The molecule has 0 aliphatic heterocycles. The van der Waals surface area contributed by atoms with E-state index in [1.165, 1.54) is 23.5 Å². The molecule has 4 aromatic rings. The molecule has 0 bridgehead atoms. The predicted molar refractivity (Wildman–Crippen MR) is 116 cm³/mol. The molecule has 156 valence electrons. The van der Waals surface area contributed by atoms with Gasteiger partial charge < -0.3 is 0 Å². The number of benzene rings is 2. The zero-order chi connectivity index (χ0) is 21.5. The van der Waals surface area contributed by atoms with Crippen molar-refractivity contribution in [2.45, 2.75) is 32.1 Å². The Hall–Kier alpha value is -2.62. The number of nitrogens with one attached hydrogen (secondary N) is 1. The highest BCUT2D eigenvalue weighted by atomic mass is 32.2. The SMILES string of the molecule is Cc1ccc(S(=O)(=O)NCCc2sc3nc(-c4ccc(F)cc4)nn3c2C)cc1C. The van der Waals surface area contributed by atoms with Gasteiger partial charge in [0, 0.05) is 17.0 Å². The first kappa shape index (κ1) is 20.6. The Bertz CT molecular complexity index is 1330. The molecule has 2 aromatic carbocycles. The van der Waals surface area contributed by atoms with Gasteiger partial charge >= 0.3 is 0 Å². The van der Waals surface area contributed by atoms with E-state index in [1.54, 1.807) is 28.8 Å². The number of hydrogen-bond acceptors (Lipinski definition) is 5. The summed E-state index contributed by atoms with van der Waals surface area (Å²) in [6, 6.07) is 11.2. The molecule has 2 heterocycles. The van der Waals surface area contributed by atoms with E-state index in [2.05, 4.69) is 14.8 Å². The Morgan fingerprint density at radius 3 is 2.47 bits per heavy atom. The fraction of sp³-hybridized carbons (Fsp3) is 0.238. The van der Waals surface area contributed by atoms with Crippen LogP contribution in [0.2, 0.25) is 0 Å². The smallest absolute Gasteiger partial charge is 0.211 e. The first-order valence-corrected chi connectivity index (χ1v) is 11.7. The van der Waals surface area contributed by atoms with Crippen LogP contribution in [0.5, 0.6) is 0 Å². The second-order valence-electron chi connectivity index (χ2n) is 7.14. The molecule has 0 aliphatic rings. The summed E-state index contributed by atoms with van der Waals surface area (Å²) in [5.41, 5.74) is 3.66. The van der Waals surface area contributed by atoms with Crippen LogP contribution >= 0.6 is 11.3 Å². The molecule has 9 heteroatoms. The van der Waals surface area contributed by atoms with Crippen LogP contribution in [0.15, 0.2) is 47.4 Å². The summed E-state index contributed by atoms with van der Waals surface area (Å²) in [5, 5.41) is 4.51. The van der Waals surface area contributed by atoms with E-state index in [1.807, 2.05) is 26.8 Å². The summed E-state index contributed by atoms with van der Waals surface area (Å²) in [6.07, 6.45) is 0.539. The molecule has 2 aromatic heterocycles. The lowest BCUT2D eigenvalue weighted by atomic mass is 10.1. The van der Waals surface area contributed by atoms with Crippen molar-refractivity contribution >= 4 is 26.3 Å². The van der Waals surface area contributed by atoms with Crippen molar-refractivity contribution in [1.29, 1.82) is 0 Å². The Morgan fingerprint density at radius 2 is 1.80 bits per heavy atom. The van der Waals surface area contributed by atoms with E-state index in [0.717, 1.165) is 32.2 Å². The summed E-state index contributed by atoms with van der Waals surface area (Å²) in [6.45, 7) is 6.06. The van der Waals surface area contributed by atoms with Crippen molar-refractivity contribution in [2.24, 2.45) is 0 Å². The van der Waals surface area contributed by atoms with Gasteiger partial charge in [0.2, 0.25) is 15.0 Å². The molecule has 0 saturated heterocycles. The summed E-state index contributed by atoms with van der Waals surface area (Å²) in [4.78, 5) is 6.53. The van der Waals surface area contributed by atoms with E-state index in [4.69, 9.17) is 0 Å². The van der Waals surface area contributed by atoms with Crippen molar-refractivity contribution in [3.05, 3.63) is 70.0 Å². The maximum absolute atomic E-state index is 13.1. The lowest BCUT2D eigenvalue weighted by Gasteiger charge is -2.08. The molecule has 0 aliphatic carbocycles. The van der Waals surface area contributed by atoms with Crippen LogP contribution in [0.4, 0.5) is 4.39 Å². The minimum Gasteiger partial charge on any atom is -0.211 e. The van der Waals surface area contributed by atoms with E-state index >= 15 is 0 Å². The zero-order valence-electron chi connectivity index (χ0n) is 16.8. The third-order valence-electron chi connectivity index (χ3n) is 5.05. The van der Waals surface area contributed by atoms with Gasteiger partial charge in [-0.3, -0.25) is 0 Å². The fourth-order valence-corrected chi connectivity index (χ4v) is 5.27. The second kappa shape index (κ2) is 7.90. The van der Waals surface area contributed by atoms with Gasteiger partial charge in [-0.15, -0.1) is 5.10 Å². The molecule has 0 unspecified atom stereocenters. The maximum atomic E-state index is 13.1. The van der Waals surface area contributed by atoms with Crippen LogP contribution < -0.4 is 4.72 Å². The van der Waals surface area contributed by atoms with Gasteiger partial charge in [0.1, 0.15) is 5.82 Å². The van der Waals surface area contributed by atoms with Crippen LogP contribution in [-0.2, 0) is 16.4 Å². The lowest BCUT2D eigenvalue weighted by Crippen LogP contribution is -2.26. The minimum atomic E-state index is -3.56. The number of aromatic nitrogens is 3. The molecule has 0 saturated carbocycles. The van der Waals surface area contributed by atoms with Gasteiger partial charge in [0.15, 0.2) is 5.82 Å². The number of thiazole rings is 1. The van der Waals surface area contributed by atoms with Crippen molar-refractivity contribution < 1.29 is 12.8 Å². The van der Waals surface area contributed by atoms with Gasteiger partial charge in [-0.05, 0) is 74.7 Å². The molecule has 0 amide bonds. The third-order valence-corrected chi connectivity index (χ3v) is 7.70. The number of rotatable bonds is 6. The first-order chi connectivity index (χ1) is 14.2. The number of sulfonamides is 1. The van der Waals surface area contributed by atoms with Crippen molar-refractivity contribution in [1.82, 2.24) is 19.3 Å². The number of halogens is 1. The molecule has 0 spiro atoms. The quantitative estimate of drug-likeness (QED) is 0.487. The normalized spacial score (nSPS) is 12.0. The second-order valence-corrected chi connectivity index (χ2v) is 9.97. The molecule has 4 rings (SSSR count). The van der Waals surface area contributed by atoms with Crippen LogP contribution in [0.25, 0.3) is 16.3 Å². The summed E-state index contributed by atoms with van der Waals surface area (Å²) < 4.78 is 42.6. The van der Waals surface area contributed by atoms with Gasteiger partial charge in [0.05, 0.1) is 10.6 Å². The highest BCUT2D eigenvalue weighted by Crippen LogP contribution is 2.25. The highest BCUT2D eigenvalue weighted by molar-refractivity contribution is 7.89. The molecule has 0 radical (unpaired) electrons. The third kappa shape index (κ3) is 4.00. The van der Waals surface area contributed by atoms with Crippen molar-refractivity contribution in [2.75, 3.05) is 6.54 Å². The van der Waals surface area contributed by atoms with E-state index in [9.17, 15) is 12.8 Å². The maximum Gasteiger partial charge on any atom is 0.240 e. The van der Waals surface area contributed by atoms with Gasteiger partial charge in [-0.25, -0.2) is 22.0 Å². The molecule has 30 heavy (non-hydrogen) atoms. The van der Waals surface area contributed by atoms with E-state index in [0.29, 0.717) is 12.2 Å². The molecular formula is C21H21FN4O2S2. The number of hydrogen-bond donors (Lipinski definition) is 1. The Labute approximate surface area is 178 Å². The van der Waals surface area contributed by atoms with Crippen LogP contribution in [0.3, 0.4) is 0 Å². The van der Waals surface area contributed by atoms with Gasteiger partial charge in [-0.2, -0.15) is 4.98 Å². The van der Waals surface area contributed by atoms with Crippen LogP contribution in [0.1, 0.15) is 21.7 Å². The Kier molecular flexibility index (Phi) is 5.44. The van der Waals surface area contributed by atoms with E-state index in [-0.39, 0.29) is 17.3 Å². The Morgan fingerprint density at radius 1 is 1.07 bits per heavy atom. The van der Waals surface area contributed by atoms with Crippen LogP contribution in [-0.4, -0.2) is 29.6 Å². The van der Waals surface area contributed by atoms with Crippen molar-refractivity contribution in [3.8, 4) is 11.4 Å². The average Bonchev–Trinajstić information content (AvgIpc) is 3.24. The highest BCUT2D eigenvalue weighted by Gasteiger charge is 2.17. The number of aryl methyl sites for hydroxylation is 3. The largest absolute Gasteiger partial charge is 0.240 e. The van der Waals surface area contributed by atoms with Crippen LogP contribution in [0, 0.1) is 26.6 Å². The molecular weight excluding hydrogens is 423 g/mol. The lowest BCUT2D eigenvalue weighted by molar-refractivity contribution is 0.581. The minimum absolute atomic E-state index is 0.272. The predicted octanol–water partition coefficient (Wildman–Crippen LogP) is 4.04. The topological polar surface area (TPSA) is 76.4 Å². The van der Waals surface area contributed by atoms with Gasteiger partial charge in [-0.1, -0.05) is 17.4 Å². The number of nitrogens with zero attached hydrogens (tertiary/aromatic N) is 3. The molecule has 0 fully saturated rings. The summed E-state index contributed by atoms with van der Waals surface area (Å²) in [5.74, 6) is 0.229. The molecule has 6 nitrogen and oxygen atoms in total. The zero-order valence-corrected chi connectivity index (χ0v) is 18.4. The Balaban J connectivity index is 1.48.